The van der Waals surface area contributed by atoms with Gasteiger partial charge in [-0.1, -0.05) is 32.9 Å². The number of amides is 4. The van der Waals surface area contributed by atoms with E-state index in [2.05, 4.69) is 10.6 Å². The Morgan fingerprint density at radius 2 is 1.86 bits per heavy atom. The molecule has 1 heterocycles. The maximum absolute atomic E-state index is 13.3. The fraction of sp³-hybridized carbons (Fsp3) is 0.500. The zero-order valence-electron chi connectivity index (χ0n) is 17.0. The predicted octanol–water partition coefficient (Wildman–Crippen LogP) is 1.69. The first-order valence-corrected chi connectivity index (χ1v) is 9.42. The van der Waals surface area contributed by atoms with Crippen LogP contribution in [-0.4, -0.2) is 48.4 Å². The van der Waals surface area contributed by atoms with E-state index >= 15 is 0 Å². The van der Waals surface area contributed by atoms with Crippen molar-refractivity contribution in [3.8, 4) is 0 Å². The minimum Gasteiger partial charge on any atom is -0.467 e. The Kier molecular flexibility index (Phi) is 6.94. The van der Waals surface area contributed by atoms with Gasteiger partial charge in [-0.2, -0.15) is 0 Å². The number of benzene rings is 1. The summed E-state index contributed by atoms with van der Waals surface area (Å²) in [7, 11) is 1.22. The fourth-order valence-electron chi connectivity index (χ4n) is 3.35. The summed E-state index contributed by atoms with van der Waals surface area (Å²) in [6, 6.07) is 3.66. The lowest BCUT2D eigenvalue weighted by molar-refractivity contribution is -0.145. The maximum atomic E-state index is 13.3. The van der Waals surface area contributed by atoms with Gasteiger partial charge in [0.15, 0.2) is 0 Å². The number of carbonyl (C=O) groups is 4. The monoisotopic (exact) mass is 407 g/mol. The Bertz CT molecular complexity index is 796. The molecule has 1 aliphatic heterocycles. The normalized spacial score (nSPS) is 19.9. The summed E-state index contributed by atoms with van der Waals surface area (Å²) in [6.45, 7) is 4.94. The largest absolute Gasteiger partial charge is 0.467 e. The second-order valence-electron chi connectivity index (χ2n) is 7.36. The lowest BCUT2D eigenvalue weighted by atomic mass is 9.87. The number of urea groups is 1. The number of methoxy groups -OCH3 is 1. The van der Waals surface area contributed by atoms with E-state index in [1.807, 2.05) is 13.8 Å². The van der Waals surface area contributed by atoms with Crippen LogP contribution in [0.4, 0.5) is 9.18 Å². The van der Waals surface area contributed by atoms with Crippen molar-refractivity contribution < 1.29 is 28.3 Å². The fourth-order valence-corrected chi connectivity index (χ4v) is 3.35. The number of carbonyl (C=O) groups excluding carboxylic acids is 4. The summed E-state index contributed by atoms with van der Waals surface area (Å²) < 4.78 is 18.0. The number of nitrogens with zero attached hydrogens (tertiary/aromatic N) is 1. The highest BCUT2D eigenvalue weighted by atomic mass is 19.1. The van der Waals surface area contributed by atoms with E-state index in [4.69, 9.17) is 4.74 Å². The second kappa shape index (κ2) is 9.02. The topological polar surface area (TPSA) is 105 Å². The molecule has 1 aromatic carbocycles. The zero-order chi connectivity index (χ0) is 21.8. The van der Waals surface area contributed by atoms with Crippen LogP contribution in [0.1, 0.15) is 39.2 Å². The molecule has 0 unspecified atom stereocenters. The summed E-state index contributed by atoms with van der Waals surface area (Å²) >= 11 is 0. The van der Waals surface area contributed by atoms with Gasteiger partial charge in [-0.05, 0) is 36.5 Å². The molecule has 0 aliphatic carbocycles. The van der Waals surface area contributed by atoms with Crippen LogP contribution in [0.2, 0.25) is 0 Å². The van der Waals surface area contributed by atoms with Gasteiger partial charge in [-0.15, -0.1) is 0 Å². The molecule has 1 saturated heterocycles. The zero-order valence-corrected chi connectivity index (χ0v) is 17.0. The van der Waals surface area contributed by atoms with Crippen molar-refractivity contribution in [2.24, 2.45) is 5.92 Å². The molecule has 9 heteroatoms. The van der Waals surface area contributed by atoms with Gasteiger partial charge < -0.3 is 15.4 Å². The molecule has 1 aliphatic rings. The molecule has 0 aromatic heterocycles. The van der Waals surface area contributed by atoms with Crippen LogP contribution in [-0.2, 0) is 24.7 Å². The summed E-state index contributed by atoms with van der Waals surface area (Å²) in [5.74, 6) is -2.21. The van der Waals surface area contributed by atoms with Crippen molar-refractivity contribution in [1.82, 2.24) is 15.5 Å². The third kappa shape index (κ3) is 4.72. The molecule has 158 valence electrons. The number of hydrogen-bond donors (Lipinski definition) is 2. The number of nitrogens with one attached hydrogen (secondary N) is 2. The van der Waals surface area contributed by atoms with Crippen molar-refractivity contribution in [2.45, 2.75) is 45.2 Å². The van der Waals surface area contributed by atoms with Crippen LogP contribution in [0.5, 0.6) is 0 Å². The van der Waals surface area contributed by atoms with Crippen LogP contribution in [0.3, 0.4) is 0 Å². The highest BCUT2D eigenvalue weighted by molar-refractivity contribution is 6.09. The van der Waals surface area contributed by atoms with Gasteiger partial charge in [0, 0.05) is 0 Å². The van der Waals surface area contributed by atoms with Crippen molar-refractivity contribution in [3.05, 3.63) is 35.6 Å². The average Bonchev–Trinajstić information content (AvgIpc) is 2.92. The lowest BCUT2D eigenvalue weighted by Gasteiger charge is -2.26. The van der Waals surface area contributed by atoms with Crippen molar-refractivity contribution in [3.63, 3.8) is 0 Å². The van der Waals surface area contributed by atoms with E-state index < -0.39 is 47.8 Å². The van der Waals surface area contributed by atoms with E-state index in [-0.39, 0.29) is 12.3 Å². The number of hydrogen-bond acceptors (Lipinski definition) is 5. The Morgan fingerprint density at radius 3 is 2.38 bits per heavy atom. The summed E-state index contributed by atoms with van der Waals surface area (Å²) in [5.41, 5.74) is -0.944. The molecule has 2 atom stereocenters. The van der Waals surface area contributed by atoms with Crippen LogP contribution in [0.25, 0.3) is 0 Å². The third-order valence-corrected chi connectivity index (χ3v) is 4.87. The SMILES string of the molecule is CC[C@]1(c2ccc(F)cc2)NC(=O)N(CC(=O)N[C@H](CC(C)C)C(=O)OC)C1=O. The molecule has 8 nitrogen and oxygen atoms in total. The van der Waals surface area contributed by atoms with Crippen molar-refractivity contribution in [1.29, 1.82) is 0 Å². The van der Waals surface area contributed by atoms with Gasteiger partial charge in [0.1, 0.15) is 23.9 Å². The molecule has 4 amide bonds. The van der Waals surface area contributed by atoms with E-state index in [0.717, 1.165) is 4.90 Å². The highest BCUT2D eigenvalue weighted by Gasteiger charge is 2.51. The van der Waals surface area contributed by atoms with Crippen LogP contribution >= 0.6 is 0 Å². The first-order chi connectivity index (χ1) is 13.6. The standard InChI is InChI=1S/C20H26FN3O5/c1-5-20(13-6-8-14(21)9-7-13)18(27)24(19(28)23-20)11-16(25)22-15(10-12(2)3)17(26)29-4/h6-9,12,15H,5,10-11H2,1-4H3,(H,22,25)(H,23,28)/t15-,20-/m1/s1. The van der Waals surface area contributed by atoms with Crippen molar-refractivity contribution in [2.75, 3.05) is 13.7 Å². The predicted molar refractivity (Wildman–Crippen MR) is 102 cm³/mol. The van der Waals surface area contributed by atoms with Gasteiger partial charge in [0.05, 0.1) is 7.11 Å². The van der Waals surface area contributed by atoms with E-state index in [1.165, 1.54) is 31.4 Å². The Hall–Kier alpha value is -2.97. The van der Waals surface area contributed by atoms with Crippen molar-refractivity contribution >= 4 is 23.8 Å². The molecular formula is C20H26FN3O5. The smallest absolute Gasteiger partial charge is 0.328 e. The summed E-state index contributed by atoms with van der Waals surface area (Å²) in [5, 5.41) is 5.14. The lowest BCUT2D eigenvalue weighted by Crippen LogP contribution is -2.48. The van der Waals surface area contributed by atoms with Gasteiger partial charge >= 0.3 is 12.0 Å². The number of halogens is 1. The summed E-state index contributed by atoms with van der Waals surface area (Å²) in [4.78, 5) is 50.6. The summed E-state index contributed by atoms with van der Waals surface area (Å²) in [6.07, 6.45) is 0.576. The maximum Gasteiger partial charge on any atom is 0.328 e. The third-order valence-electron chi connectivity index (χ3n) is 4.87. The Balaban J connectivity index is 2.17. The number of imide groups is 1. The van der Waals surface area contributed by atoms with E-state index in [9.17, 15) is 23.6 Å². The first kappa shape index (κ1) is 22.3. The highest BCUT2D eigenvalue weighted by Crippen LogP contribution is 2.32. The number of rotatable bonds is 8. The molecule has 1 aromatic rings. The Morgan fingerprint density at radius 1 is 1.24 bits per heavy atom. The van der Waals surface area contributed by atoms with Crippen LogP contribution in [0.15, 0.2) is 24.3 Å². The molecule has 0 saturated carbocycles. The minimum absolute atomic E-state index is 0.113. The average molecular weight is 407 g/mol. The molecular weight excluding hydrogens is 381 g/mol. The van der Waals surface area contributed by atoms with E-state index in [0.29, 0.717) is 12.0 Å². The minimum atomic E-state index is -1.37. The van der Waals surface area contributed by atoms with E-state index in [1.54, 1.807) is 6.92 Å². The van der Waals surface area contributed by atoms with Crippen LogP contribution in [0, 0.1) is 11.7 Å². The number of esters is 1. The Labute approximate surface area is 168 Å². The molecule has 0 radical (unpaired) electrons. The van der Waals surface area contributed by atoms with Gasteiger partial charge in [-0.3, -0.25) is 14.5 Å². The number of ether oxygens (including phenoxy) is 1. The van der Waals surface area contributed by atoms with Gasteiger partial charge in [0.2, 0.25) is 5.91 Å². The molecule has 0 spiro atoms. The quantitative estimate of drug-likeness (QED) is 0.504. The second-order valence-corrected chi connectivity index (χ2v) is 7.36. The molecule has 29 heavy (non-hydrogen) atoms. The molecule has 1 fully saturated rings. The molecule has 2 N–H and O–H groups in total. The van der Waals surface area contributed by atoms with Gasteiger partial charge in [0.25, 0.3) is 5.91 Å². The molecule has 2 rings (SSSR count). The first-order valence-electron chi connectivity index (χ1n) is 9.42. The molecule has 0 bridgehead atoms. The van der Waals surface area contributed by atoms with Gasteiger partial charge in [-0.25, -0.2) is 14.0 Å². The van der Waals surface area contributed by atoms with Crippen LogP contribution < -0.4 is 10.6 Å².